The van der Waals surface area contributed by atoms with Gasteiger partial charge in [-0.1, -0.05) is 0 Å². The highest BCUT2D eigenvalue weighted by Gasteiger charge is 2.62. The molecule has 64 valence electrons. The SMILES string of the molecule is O[C@@H]1CC[C@]2(c3ccsc3)C[C@H]12. The van der Waals surface area contributed by atoms with E-state index in [-0.39, 0.29) is 6.10 Å². The van der Waals surface area contributed by atoms with Gasteiger partial charge in [-0.15, -0.1) is 0 Å². The summed E-state index contributed by atoms with van der Waals surface area (Å²) >= 11 is 1.77. The summed E-state index contributed by atoms with van der Waals surface area (Å²) in [6, 6.07) is 2.22. The van der Waals surface area contributed by atoms with Crippen molar-refractivity contribution in [2.75, 3.05) is 0 Å². The summed E-state index contributed by atoms with van der Waals surface area (Å²) in [5.74, 6) is 0.590. The smallest absolute Gasteiger partial charge is 0.0577 e. The van der Waals surface area contributed by atoms with Gasteiger partial charge in [0.05, 0.1) is 6.10 Å². The minimum atomic E-state index is -0.00935. The number of aliphatic hydroxyl groups excluding tert-OH is 1. The Morgan fingerprint density at radius 2 is 2.50 bits per heavy atom. The molecule has 0 amide bonds. The molecule has 0 bridgehead atoms. The van der Waals surface area contributed by atoms with Crippen molar-refractivity contribution in [2.24, 2.45) is 5.92 Å². The van der Waals surface area contributed by atoms with Gasteiger partial charge < -0.3 is 5.11 Å². The fourth-order valence-corrected chi connectivity index (χ4v) is 3.52. The van der Waals surface area contributed by atoms with Gasteiger partial charge in [0, 0.05) is 5.41 Å². The van der Waals surface area contributed by atoms with E-state index in [0.29, 0.717) is 11.3 Å². The van der Waals surface area contributed by atoms with Gasteiger partial charge in [-0.25, -0.2) is 0 Å². The van der Waals surface area contributed by atoms with Crippen molar-refractivity contribution in [3.8, 4) is 0 Å². The van der Waals surface area contributed by atoms with Crippen molar-refractivity contribution in [1.29, 1.82) is 0 Å². The Balaban J connectivity index is 1.97. The van der Waals surface area contributed by atoms with Crippen molar-refractivity contribution in [2.45, 2.75) is 30.8 Å². The maximum absolute atomic E-state index is 9.61. The molecule has 2 fully saturated rings. The summed E-state index contributed by atoms with van der Waals surface area (Å²) in [4.78, 5) is 0. The van der Waals surface area contributed by atoms with Gasteiger partial charge >= 0.3 is 0 Å². The van der Waals surface area contributed by atoms with E-state index in [9.17, 15) is 5.11 Å². The molecule has 1 N–H and O–H groups in total. The Hall–Kier alpha value is -0.340. The molecule has 0 spiro atoms. The number of hydrogen-bond acceptors (Lipinski definition) is 2. The summed E-state index contributed by atoms with van der Waals surface area (Å²) in [6.45, 7) is 0. The maximum atomic E-state index is 9.61. The van der Waals surface area contributed by atoms with Crippen LogP contribution >= 0.6 is 11.3 Å². The first-order valence-electron chi connectivity index (χ1n) is 4.54. The number of aliphatic hydroxyl groups is 1. The van der Waals surface area contributed by atoms with Crippen LogP contribution in [0.25, 0.3) is 0 Å². The van der Waals surface area contributed by atoms with E-state index >= 15 is 0 Å². The minimum absolute atomic E-state index is 0.00935. The second-order valence-corrected chi connectivity index (χ2v) is 4.86. The Labute approximate surface area is 76.0 Å². The van der Waals surface area contributed by atoms with Crippen molar-refractivity contribution in [3.05, 3.63) is 22.4 Å². The molecule has 0 saturated heterocycles. The fraction of sp³-hybridized carbons (Fsp3) is 0.600. The van der Waals surface area contributed by atoms with Gasteiger partial charge in [-0.05, 0) is 47.6 Å². The molecule has 12 heavy (non-hydrogen) atoms. The summed E-state index contributed by atoms with van der Waals surface area (Å²) in [5.41, 5.74) is 1.90. The van der Waals surface area contributed by atoms with Crippen LogP contribution in [0.4, 0.5) is 0 Å². The third-order valence-electron chi connectivity index (χ3n) is 3.58. The molecule has 1 nitrogen and oxygen atoms in total. The van der Waals surface area contributed by atoms with Gasteiger partial charge in [-0.3, -0.25) is 0 Å². The highest BCUT2D eigenvalue weighted by Crippen LogP contribution is 2.64. The first-order valence-corrected chi connectivity index (χ1v) is 5.48. The molecular weight excluding hydrogens is 168 g/mol. The van der Waals surface area contributed by atoms with Crippen LogP contribution in [0.1, 0.15) is 24.8 Å². The van der Waals surface area contributed by atoms with Crippen LogP contribution in [0.3, 0.4) is 0 Å². The number of rotatable bonds is 1. The van der Waals surface area contributed by atoms with Crippen molar-refractivity contribution in [3.63, 3.8) is 0 Å². The highest BCUT2D eigenvalue weighted by molar-refractivity contribution is 7.08. The number of thiophene rings is 1. The van der Waals surface area contributed by atoms with Crippen LogP contribution in [0.15, 0.2) is 16.8 Å². The van der Waals surface area contributed by atoms with Crippen LogP contribution in [-0.2, 0) is 5.41 Å². The molecular formula is C10H12OS. The lowest BCUT2D eigenvalue weighted by Crippen LogP contribution is -2.05. The number of fused-ring (bicyclic) bond motifs is 1. The highest BCUT2D eigenvalue weighted by atomic mass is 32.1. The first kappa shape index (κ1) is 7.10. The fourth-order valence-electron chi connectivity index (χ4n) is 2.76. The van der Waals surface area contributed by atoms with E-state index in [1.54, 1.807) is 11.3 Å². The summed E-state index contributed by atoms with van der Waals surface area (Å²) in [7, 11) is 0. The molecule has 3 rings (SSSR count). The van der Waals surface area contributed by atoms with Gasteiger partial charge in [0.25, 0.3) is 0 Å². The molecule has 0 unspecified atom stereocenters. The van der Waals surface area contributed by atoms with Gasteiger partial charge in [0.1, 0.15) is 0 Å². The molecule has 1 aromatic heterocycles. The van der Waals surface area contributed by atoms with E-state index in [4.69, 9.17) is 0 Å². The Kier molecular flexibility index (Phi) is 1.25. The van der Waals surface area contributed by atoms with Crippen LogP contribution in [0.2, 0.25) is 0 Å². The minimum Gasteiger partial charge on any atom is -0.393 e. The summed E-state index contributed by atoms with van der Waals surface area (Å²) in [6.07, 6.45) is 3.44. The molecule has 2 aliphatic rings. The Morgan fingerprint density at radius 1 is 1.58 bits per heavy atom. The third kappa shape index (κ3) is 0.723. The van der Waals surface area contributed by atoms with Crippen LogP contribution in [-0.4, -0.2) is 11.2 Å². The standard InChI is InChI=1S/C10H12OS/c11-9-1-3-10(5-8(9)10)7-2-4-12-6-7/h2,4,6,8-9,11H,1,3,5H2/t8-,9-,10-/m1/s1. The molecule has 0 aliphatic heterocycles. The van der Waals surface area contributed by atoms with Crippen LogP contribution in [0.5, 0.6) is 0 Å². The molecule has 1 aromatic rings. The zero-order valence-corrected chi connectivity index (χ0v) is 7.68. The van der Waals surface area contributed by atoms with Gasteiger partial charge in [0.2, 0.25) is 0 Å². The van der Waals surface area contributed by atoms with E-state index in [1.165, 1.54) is 18.4 Å². The van der Waals surface area contributed by atoms with E-state index in [2.05, 4.69) is 16.8 Å². The summed E-state index contributed by atoms with van der Waals surface area (Å²) < 4.78 is 0. The van der Waals surface area contributed by atoms with Crippen LogP contribution in [0, 0.1) is 5.92 Å². The first-order chi connectivity index (χ1) is 5.83. The summed E-state index contributed by atoms with van der Waals surface area (Å²) in [5, 5.41) is 14.0. The molecule has 0 aromatic carbocycles. The van der Waals surface area contributed by atoms with Gasteiger partial charge in [0.15, 0.2) is 0 Å². The second-order valence-electron chi connectivity index (χ2n) is 4.08. The normalized spacial score (nSPS) is 44.4. The third-order valence-corrected chi connectivity index (χ3v) is 4.26. The van der Waals surface area contributed by atoms with Gasteiger partial charge in [-0.2, -0.15) is 11.3 Å². The average molecular weight is 180 g/mol. The second kappa shape index (κ2) is 2.12. The lowest BCUT2D eigenvalue weighted by atomic mass is 9.96. The molecule has 2 saturated carbocycles. The van der Waals surface area contributed by atoms with E-state index in [0.717, 1.165) is 6.42 Å². The maximum Gasteiger partial charge on any atom is 0.0577 e. The predicted octanol–water partition coefficient (Wildman–Crippen LogP) is 2.16. The van der Waals surface area contributed by atoms with Crippen molar-refractivity contribution >= 4 is 11.3 Å². The molecule has 0 radical (unpaired) electrons. The largest absolute Gasteiger partial charge is 0.393 e. The average Bonchev–Trinajstić information content (AvgIpc) is 2.49. The monoisotopic (exact) mass is 180 g/mol. The molecule has 2 aliphatic carbocycles. The van der Waals surface area contributed by atoms with E-state index < -0.39 is 0 Å². The molecule has 3 atom stereocenters. The topological polar surface area (TPSA) is 20.2 Å². The van der Waals surface area contributed by atoms with Crippen molar-refractivity contribution in [1.82, 2.24) is 0 Å². The van der Waals surface area contributed by atoms with E-state index in [1.807, 2.05) is 0 Å². The van der Waals surface area contributed by atoms with Crippen LogP contribution < -0.4 is 0 Å². The quantitative estimate of drug-likeness (QED) is 0.702. The zero-order chi connectivity index (χ0) is 8.18. The predicted molar refractivity (Wildman–Crippen MR) is 49.3 cm³/mol. The molecule has 2 heteroatoms. The lowest BCUT2D eigenvalue weighted by Gasteiger charge is -2.07. The zero-order valence-electron chi connectivity index (χ0n) is 6.86. The Morgan fingerprint density at radius 3 is 3.00 bits per heavy atom. The Bertz CT molecular complexity index is 293. The number of hydrogen-bond donors (Lipinski definition) is 1. The lowest BCUT2D eigenvalue weighted by molar-refractivity contribution is 0.159. The van der Waals surface area contributed by atoms with Crippen molar-refractivity contribution < 1.29 is 5.11 Å². The molecule has 1 heterocycles.